The predicted octanol–water partition coefficient (Wildman–Crippen LogP) is 3.50. The molecule has 2 aliphatic carbocycles. The lowest BCUT2D eigenvalue weighted by Crippen LogP contribution is -2.51. The molecule has 1 unspecified atom stereocenters. The number of ether oxygens (including phenoxy) is 1. The van der Waals surface area contributed by atoms with Gasteiger partial charge in [0, 0.05) is 13.2 Å². The van der Waals surface area contributed by atoms with Gasteiger partial charge < -0.3 is 10.1 Å². The summed E-state index contributed by atoms with van der Waals surface area (Å²) in [7, 11) is 1.92. The molecule has 0 aromatic rings. The van der Waals surface area contributed by atoms with E-state index in [0.29, 0.717) is 6.04 Å². The van der Waals surface area contributed by atoms with E-state index in [1.165, 1.54) is 57.8 Å². The van der Waals surface area contributed by atoms with Crippen LogP contribution in [0.25, 0.3) is 0 Å². The van der Waals surface area contributed by atoms with Crippen molar-refractivity contribution in [3.63, 3.8) is 0 Å². The summed E-state index contributed by atoms with van der Waals surface area (Å²) in [6.45, 7) is 3.29. The molecule has 0 saturated heterocycles. The molecule has 2 nitrogen and oxygen atoms in total. The van der Waals surface area contributed by atoms with Crippen molar-refractivity contribution < 1.29 is 4.74 Å². The first kappa shape index (κ1) is 13.4. The molecule has 2 heteroatoms. The lowest BCUT2D eigenvalue weighted by molar-refractivity contribution is -0.0411. The maximum Gasteiger partial charge on any atom is 0.0831 e. The zero-order valence-electron chi connectivity index (χ0n) is 11.6. The van der Waals surface area contributed by atoms with Crippen LogP contribution in [0.3, 0.4) is 0 Å². The van der Waals surface area contributed by atoms with Crippen LogP contribution in [0.1, 0.15) is 64.7 Å². The number of hydrogen-bond donors (Lipinski definition) is 1. The van der Waals surface area contributed by atoms with E-state index < -0.39 is 0 Å². The van der Waals surface area contributed by atoms with Crippen molar-refractivity contribution in [2.75, 3.05) is 13.7 Å². The van der Waals surface area contributed by atoms with Crippen molar-refractivity contribution >= 4 is 0 Å². The molecule has 0 aliphatic heterocycles. The monoisotopic (exact) mass is 239 g/mol. The van der Waals surface area contributed by atoms with Crippen LogP contribution in [0.15, 0.2) is 0 Å². The molecule has 0 bridgehead atoms. The topological polar surface area (TPSA) is 21.3 Å². The molecule has 1 N–H and O–H groups in total. The molecular formula is C15H29NO. The van der Waals surface area contributed by atoms with E-state index in [-0.39, 0.29) is 5.60 Å². The van der Waals surface area contributed by atoms with Crippen LogP contribution < -0.4 is 5.32 Å². The van der Waals surface area contributed by atoms with Gasteiger partial charge in [-0.15, -0.1) is 0 Å². The summed E-state index contributed by atoms with van der Waals surface area (Å²) in [5, 5.41) is 3.72. The Morgan fingerprint density at radius 2 is 1.82 bits per heavy atom. The van der Waals surface area contributed by atoms with E-state index in [0.717, 1.165) is 12.5 Å². The Labute approximate surface area is 107 Å². The quantitative estimate of drug-likeness (QED) is 0.766. The second kappa shape index (κ2) is 6.19. The summed E-state index contributed by atoms with van der Waals surface area (Å²) in [6, 6.07) is 0.586. The van der Waals surface area contributed by atoms with Crippen molar-refractivity contribution in [2.45, 2.75) is 76.4 Å². The van der Waals surface area contributed by atoms with Crippen LogP contribution in [0.2, 0.25) is 0 Å². The summed E-state index contributed by atoms with van der Waals surface area (Å²) < 4.78 is 5.96. The molecule has 17 heavy (non-hydrogen) atoms. The van der Waals surface area contributed by atoms with Crippen molar-refractivity contribution in [3.05, 3.63) is 0 Å². The fraction of sp³-hybridized carbons (Fsp3) is 1.00. The second-order valence-corrected chi connectivity index (χ2v) is 5.97. The van der Waals surface area contributed by atoms with Gasteiger partial charge >= 0.3 is 0 Å². The normalized spacial score (nSPS) is 26.5. The Morgan fingerprint density at radius 1 is 1.18 bits per heavy atom. The third kappa shape index (κ3) is 3.03. The molecule has 0 aromatic heterocycles. The van der Waals surface area contributed by atoms with Gasteiger partial charge in [-0.3, -0.25) is 0 Å². The molecule has 0 spiro atoms. The summed E-state index contributed by atoms with van der Waals surface area (Å²) >= 11 is 0. The number of nitrogens with one attached hydrogen (secondary N) is 1. The molecule has 0 heterocycles. The Morgan fingerprint density at radius 3 is 2.35 bits per heavy atom. The molecule has 2 aliphatic rings. The van der Waals surface area contributed by atoms with Crippen LogP contribution in [-0.2, 0) is 4.74 Å². The first-order valence-corrected chi connectivity index (χ1v) is 7.59. The van der Waals surface area contributed by atoms with Crippen LogP contribution in [0.5, 0.6) is 0 Å². The zero-order chi connectivity index (χ0) is 12.1. The van der Waals surface area contributed by atoms with E-state index in [1.807, 2.05) is 7.11 Å². The van der Waals surface area contributed by atoms with E-state index in [9.17, 15) is 0 Å². The minimum absolute atomic E-state index is 0.151. The highest BCUT2D eigenvalue weighted by molar-refractivity contribution is 4.97. The zero-order valence-corrected chi connectivity index (χ0v) is 11.6. The van der Waals surface area contributed by atoms with Crippen LogP contribution in [0, 0.1) is 5.92 Å². The van der Waals surface area contributed by atoms with Gasteiger partial charge in [0.25, 0.3) is 0 Å². The number of rotatable bonds is 6. The molecule has 0 radical (unpaired) electrons. The lowest BCUT2D eigenvalue weighted by Gasteiger charge is -2.38. The Kier molecular flexibility index (Phi) is 4.87. The number of likely N-dealkylation sites (N-methyl/N-ethyl adjacent to an activating group) is 1. The van der Waals surface area contributed by atoms with Gasteiger partial charge in [0.05, 0.1) is 5.60 Å². The first-order valence-electron chi connectivity index (χ1n) is 7.59. The van der Waals surface area contributed by atoms with Crippen molar-refractivity contribution in [2.24, 2.45) is 5.92 Å². The predicted molar refractivity (Wildman–Crippen MR) is 72.2 cm³/mol. The van der Waals surface area contributed by atoms with Gasteiger partial charge in [0.1, 0.15) is 0 Å². The average molecular weight is 239 g/mol. The van der Waals surface area contributed by atoms with Crippen molar-refractivity contribution in [1.82, 2.24) is 5.32 Å². The van der Waals surface area contributed by atoms with Gasteiger partial charge in [0.2, 0.25) is 0 Å². The smallest absolute Gasteiger partial charge is 0.0831 e. The molecule has 2 rings (SSSR count). The third-order valence-electron chi connectivity index (χ3n) is 4.99. The number of hydrogen-bond acceptors (Lipinski definition) is 2. The summed E-state index contributed by atoms with van der Waals surface area (Å²) in [4.78, 5) is 0. The summed E-state index contributed by atoms with van der Waals surface area (Å²) in [6.07, 6.45) is 12.3. The van der Waals surface area contributed by atoms with Crippen LogP contribution in [-0.4, -0.2) is 25.3 Å². The largest absolute Gasteiger partial charge is 0.377 e. The molecule has 0 amide bonds. The Bertz CT molecular complexity index is 217. The summed E-state index contributed by atoms with van der Waals surface area (Å²) in [5.74, 6) is 0.951. The molecule has 2 saturated carbocycles. The fourth-order valence-corrected chi connectivity index (χ4v) is 3.98. The van der Waals surface area contributed by atoms with Gasteiger partial charge in [-0.25, -0.2) is 0 Å². The van der Waals surface area contributed by atoms with E-state index in [2.05, 4.69) is 12.2 Å². The molecule has 2 fully saturated rings. The van der Waals surface area contributed by atoms with E-state index in [4.69, 9.17) is 4.74 Å². The van der Waals surface area contributed by atoms with Gasteiger partial charge in [-0.05, 0) is 31.7 Å². The lowest BCUT2D eigenvalue weighted by atomic mass is 9.84. The van der Waals surface area contributed by atoms with Crippen molar-refractivity contribution in [1.29, 1.82) is 0 Å². The Balaban J connectivity index is 1.98. The van der Waals surface area contributed by atoms with Gasteiger partial charge in [-0.2, -0.15) is 0 Å². The third-order valence-corrected chi connectivity index (χ3v) is 4.99. The average Bonchev–Trinajstić information content (AvgIpc) is 3.00. The van der Waals surface area contributed by atoms with E-state index >= 15 is 0 Å². The highest BCUT2D eigenvalue weighted by Crippen LogP contribution is 2.40. The maximum absolute atomic E-state index is 5.96. The Hall–Kier alpha value is -0.0800. The maximum atomic E-state index is 5.96. The minimum Gasteiger partial charge on any atom is -0.377 e. The second-order valence-electron chi connectivity index (χ2n) is 5.97. The molecule has 100 valence electrons. The summed E-state index contributed by atoms with van der Waals surface area (Å²) in [5.41, 5.74) is 0.151. The highest BCUT2D eigenvalue weighted by atomic mass is 16.5. The van der Waals surface area contributed by atoms with E-state index in [1.54, 1.807) is 0 Å². The van der Waals surface area contributed by atoms with Gasteiger partial charge in [-0.1, -0.05) is 45.4 Å². The molecular weight excluding hydrogens is 210 g/mol. The standard InChI is InChI=1S/C15H29NO/c1-3-16-14(12-13-8-4-5-9-13)15(17-2)10-6-7-11-15/h13-14,16H,3-12H2,1-2H3. The van der Waals surface area contributed by atoms with Gasteiger partial charge in [0.15, 0.2) is 0 Å². The minimum atomic E-state index is 0.151. The SMILES string of the molecule is CCNC(CC1CCCC1)C1(OC)CCCC1. The fourth-order valence-electron chi connectivity index (χ4n) is 3.98. The number of methoxy groups -OCH3 is 1. The van der Waals surface area contributed by atoms with Crippen LogP contribution in [0.4, 0.5) is 0 Å². The molecule has 1 atom stereocenters. The first-order chi connectivity index (χ1) is 8.30. The van der Waals surface area contributed by atoms with Crippen LogP contribution >= 0.6 is 0 Å². The molecule has 0 aromatic carbocycles. The van der Waals surface area contributed by atoms with Crippen molar-refractivity contribution in [3.8, 4) is 0 Å². The highest BCUT2D eigenvalue weighted by Gasteiger charge is 2.42.